The molecule has 0 bridgehead atoms. The van der Waals surface area contributed by atoms with Crippen LogP contribution in [0.15, 0.2) is 95.6 Å². The van der Waals surface area contributed by atoms with E-state index < -0.39 is 5.97 Å². The summed E-state index contributed by atoms with van der Waals surface area (Å²) < 4.78 is 5.38. The van der Waals surface area contributed by atoms with Crippen molar-refractivity contribution in [2.24, 2.45) is 4.99 Å². The van der Waals surface area contributed by atoms with Crippen LogP contribution in [-0.2, 0) is 9.53 Å². The summed E-state index contributed by atoms with van der Waals surface area (Å²) in [5, 5.41) is 2.10. The van der Waals surface area contributed by atoms with Gasteiger partial charge in [-0.1, -0.05) is 78.9 Å². The van der Waals surface area contributed by atoms with Crippen LogP contribution in [0.5, 0.6) is 0 Å². The molecule has 0 unspecified atom stereocenters. The molecule has 1 heterocycles. The summed E-state index contributed by atoms with van der Waals surface area (Å²) in [7, 11) is 0. The van der Waals surface area contributed by atoms with Gasteiger partial charge in [0, 0.05) is 5.56 Å². The van der Waals surface area contributed by atoms with Gasteiger partial charge in [-0.05, 0) is 28.5 Å². The van der Waals surface area contributed by atoms with E-state index in [1.54, 1.807) is 6.08 Å². The number of nitrogens with zero attached hydrogens (tertiary/aromatic N) is 1. The van der Waals surface area contributed by atoms with E-state index in [-0.39, 0.29) is 0 Å². The molecule has 25 heavy (non-hydrogen) atoms. The monoisotopic (exact) mass is 325 g/mol. The maximum Gasteiger partial charge on any atom is 0.363 e. The second-order valence-corrected chi connectivity index (χ2v) is 5.65. The molecule has 0 saturated carbocycles. The molecule has 120 valence electrons. The second-order valence-electron chi connectivity index (χ2n) is 5.65. The maximum atomic E-state index is 12.1. The number of hydrogen-bond acceptors (Lipinski definition) is 3. The standard InChI is InChI=1S/C22H15NO2/c24-22-20(15-6-10-16-8-2-1-3-9-16)23-21(25-22)19-14-7-12-17-11-4-5-13-18(17)19/h1-15H/b10-6+,20-15-. The van der Waals surface area contributed by atoms with Crippen LogP contribution >= 0.6 is 0 Å². The van der Waals surface area contributed by atoms with Crippen LogP contribution in [0.25, 0.3) is 16.8 Å². The first-order valence-corrected chi connectivity index (χ1v) is 8.04. The topological polar surface area (TPSA) is 38.7 Å². The smallest absolute Gasteiger partial charge is 0.363 e. The summed E-state index contributed by atoms with van der Waals surface area (Å²) >= 11 is 0. The Bertz CT molecular complexity index is 1020. The number of ether oxygens (including phenoxy) is 1. The molecular formula is C22H15NO2. The van der Waals surface area contributed by atoms with Gasteiger partial charge < -0.3 is 4.74 Å². The molecule has 3 aromatic carbocycles. The van der Waals surface area contributed by atoms with Gasteiger partial charge in [-0.15, -0.1) is 0 Å². The number of esters is 1. The minimum absolute atomic E-state index is 0.301. The van der Waals surface area contributed by atoms with E-state index in [0.717, 1.165) is 21.9 Å². The Kier molecular flexibility index (Phi) is 3.97. The van der Waals surface area contributed by atoms with Crippen LogP contribution in [0.2, 0.25) is 0 Å². The Balaban J connectivity index is 1.66. The molecule has 4 rings (SSSR count). The molecule has 0 radical (unpaired) electrons. The minimum Gasteiger partial charge on any atom is -0.402 e. The molecule has 0 aliphatic carbocycles. The fourth-order valence-electron chi connectivity index (χ4n) is 2.76. The number of rotatable bonds is 3. The summed E-state index contributed by atoms with van der Waals surface area (Å²) in [6.45, 7) is 0. The third kappa shape index (κ3) is 3.12. The predicted octanol–water partition coefficient (Wildman–Crippen LogP) is 4.74. The zero-order valence-corrected chi connectivity index (χ0v) is 13.4. The molecule has 0 atom stereocenters. The maximum absolute atomic E-state index is 12.1. The Morgan fingerprint density at radius 2 is 1.60 bits per heavy atom. The number of allylic oxidation sites excluding steroid dienone is 2. The Labute approximate surface area is 145 Å². The van der Waals surface area contributed by atoms with Crippen molar-refractivity contribution in [3.63, 3.8) is 0 Å². The van der Waals surface area contributed by atoms with Gasteiger partial charge in [0.2, 0.25) is 5.90 Å². The highest BCUT2D eigenvalue weighted by Gasteiger charge is 2.24. The molecule has 1 aliphatic heterocycles. The number of carbonyl (C=O) groups excluding carboxylic acids is 1. The van der Waals surface area contributed by atoms with Gasteiger partial charge in [-0.25, -0.2) is 9.79 Å². The van der Waals surface area contributed by atoms with Gasteiger partial charge >= 0.3 is 5.97 Å². The van der Waals surface area contributed by atoms with Crippen molar-refractivity contribution in [2.45, 2.75) is 0 Å². The van der Waals surface area contributed by atoms with Crippen molar-refractivity contribution in [1.29, 1.82) is 0 Å². The number of hydrogen-bond donors (Lipinski definition) is 0. The zero-order chi connectivity index (χ0) is 17.1. The van der Waals surface area contributed by atoms with Gasteiger partial charge in [0.1, 0.15) is 0 Å². The van der Waals surface area contributed by atoms with Crippen LogP contribution in [0.3, 0.4) is 0 Å². The summed E-state index contributed by atoms with van der Waals surface area (Å²) in [6, 6.07) is 23.7. The number of fused-ring (bicyclic) bond motifs is 1. The normalized spacial score (nSPS) is 15.8. The summed E-state index contributed by atoms with van der Waals surface area (Å²) in [4.78, 5) is 16.5. The van der Waals surface area contributed by atoms with Gasteiger partial charge in [-0.2, -0.15) is 0 Å². The third-order valence-electron chi connectivity index (χ3n) is 3.98. The number of aliphatic imine (C=N–C) groups is 1. The fourth-order valence-corrected chi connectivity index (χ4v) is 2.76. The first-order valence-electron chi connectivity index (χ1n) is 8.04. The first-order chi connectivity index (χ1) is 12.3. The molecule has 3 heteroatoms. The number of carbonyl (C=O) groups is 1. The Morgan fingerprint density at radius 3 is 2.48 bits per heavy atom. The Morgan fingerprint density at radius 1 is 0.840 bits per heavy atom. The number of cyclic esters (lactones) is 1. The summed E-state index contributed by atoms with van der Waals surface area (Å²) in [6.07, 6.45) is 5.40. The lowest BCUT2D eigenvalue weighted by atomic mass is 10.0. The van der Waals surface area contributed by atoms with E-state index >= 15 is 0 Å². The average Bonchev–Trinajstić information content (AvgIpc) is 3.03. The average molecular weight is 325 g/mol. The van der Waals surface area contributed by atoms with Crippen molar-refractivity contribution in [3.05, 3.63) is 102 Å². The molecule has 1 aliphatic rings. The van der Waals surface area contributed by atoms with Crippen LogP contribution in [-0.4, -0.2) is 11.9 Å². The highest BCUT2D eigenvalue weighted by Crippen LogP contribution is 2.23. The van der Waals surface area contributed by atoms with Crippen molar-refractivity contribution in [3.8, 4) is 0 Å². The van der Waals surface area contributed by atoms with Gasteiger partial charge in [-0.3, -0.25) is 0 Å². The SMILES string of the molecule is O=C1OC(c2cccc3ccccc23)=N/C1=C\C=C\c1ccccc1. The van der Waals surface area contributed by atoms with Crippen LogP contribution in [0, 0.1) is 0 Å². The second kappa shape index (κ2) is 6.57. The van der Waals surface area contributed by atoms with E-state index in [2.05, 4.69) is 4.99 Å². The molecule has 0 amide bonds. The quantitative estimate of drug-likeness (QED) is 0.515. The summed E-state index contributed by atoms with van der Waals surface area (Å²) in [5.41, 5.74) is 2.18. The van der Waals surface area contributed by atoms with Gasteiger partial charge in [0.15, 0.2) is 5.70 Å². The van der Waals surface area contributed by atoms with Crippen molar-refractivity contribution < 1.29 is 9.53 Å². The highest BCUT2D eigenvalue weighted by atomic mass is 16.6. The molecule has 3 nitrogen and oxygen atoms in total. The zero-order valence-electron chi connectivity index (χ0n) is 13.4. The van der Waals surface area contributed by atoms with E-state index in [9.17, 15) is 4.79 Å². The minimum atomic E-state index is -0.430. The van der Waals surface area contributed by atoms with Gasteiger partial charge in [0.25, 0.3) is 0 Å². The molecule has 3 aromatic rings. The lowest BCUT2D eigenvalue weighted by Gasteiger charge is -2.04. The van der Waals surface area contributed by atoms with E-state index in [4.69, 9.17) is 4.74 Å². The predicted molar refractivity (Wildman–Crippen MR) is 100 cm³/mol. The largest absolute Gasteiger partial charge is 0.402 e. The lowest BCUT2D eigenvalue weighted by Crippen LogP contribution is -2.05. The lowest BCUT2D eigenvalue weighted by molar-refractivity contribution is -0.130. The van der Waals surface area contributed by atoms with Crippen molar-refractivity contribution >= 4 is 28.7 Å². The third-order valence-corrected chi connectivity index (χ3v) is 3.98. The molecular weight excluding hydrogens is 310 g/mol. The molecule has 0 N–H and O–H groups in total. The van der Waals surface area contributed by atoms with Crippen LogP contribution in [0.4, 0.5) is 0 Å². The van der Waals surface area contributed by atoms with Crippen LogP contribution in [0.1, 0.15) is 11.1 Å². The summed E-state index contributed by atoms with van der Waals surface area (Å²) in [5.74, 6) is -0.0817. The first kappa shape index (κ1) is 15.1. The molecule has 0 aromatic heterocycles. The molecule has 0 fully saturated rings. The van der Waals surface area contributed by atoms with Crippen LogP contribution < -0.4 is 0 Å². The van der Waals surface area contributed by atoms with E-state index in [1.807, 2.05) is 84.9 Å². The van der Waals surface area contributed by atoms with Crippen molar-refractivity contribution in [2.75, 3.05) is 0 Å². The Hall–Kier alpha value is -3.46. The molecule has 0 saturated heterocycles. The van der Waals surface area contributed by atoms with Crippen molar-refractivity contribution in [1.82, 2.24) is 0 Å². The highest BCUT2D eigenvalue weighted by molar-refractivity contribution is 6.16. The molecule has 0 spiro atoms. The van der Waals surface area contributed by atoms with E-state index in [1.165, 1.54) is 0 Å². The number of benzene rings is 3. The van der Waals surface area contributed by atoms with E-state index in [0.29, 0.717) is 11.6 Å². The van der Waals surface area contributed by atoms with Gasteiger partial charge in [0.05, 0.1) is 0 Å². The fraction of sp³-hybridized carbons (Fsp3) is 0.